The van der Waals surface area contributed by atoms with Gasteiger partial charge in [0, 0.05) is 0 Å². The van der Waals surface area contributed by atoms with Gasteiger partial charge >= 0.3 is 0 Å². The molecule has 112 valence electrons. The van der Waals surface area contributed by atoms with Crippen LogP contribution in [0, 0.1) is 5.92 Å². The highest BCUT2D eigenvalue weighted by atomic mass is 14.1. The van der Waals surface area contributed by atoms with Crippen molar-refractivity contribution in [2.75, 3.05) is 0 Å². The van der Waals surface area contributed by atoms with E-state index in [1.807, 2.05) is 6.08 Å². The number of rotatable bonds is 10. The summed E-state index contributed by atoms with van der Waals surface area (Å²) in [4.78, 5) is 0. The summed E-state index contributed by atoms with van der Waals surface area (Å²) in [6, 6.07) is 7.04. The Morgan fingerprint density at radius 2 is 1.85 bits per heavy atom. The van der Waals surface area contributed by atoms with E-state index in [0.717, 1.165) is 5.92 Å². The van der Waals surface area contributed by atoms with Gasteiger partial charge in [0.25, 0.3) is 0 Å². The van der Waals surface area contributed by atoms with Gasteiger partial charge < -0.3 is 0 Å². The Balaban J connectivity index is 2.73. The van der Waals surface area contributed by atoms with Gasteiger partial charge in [0.15, 0.2) is 0 Å². The van der Waals surface area contributed by atoms with E-state index in [1.54, 1.807) is 0 Å². The van der Waals surface area contributed by atoms with Crippen molar-refractivity contribution in [3.8, 4) is 0 Å². The first-order chi connectivity index (χ1) is 9.74. The number of aryl methyl sites for hydroxylation is 1. The van der Waals surface area contributed by atoms with Crippen LogP contribution in [0.4, 0.5) is 0 Å². The van der Waals surface area contributed by atoms with E-state index in [1.165, 1.54) is 68.1 Å². The molecule has 0 heteroatoms. The summed E-state index contributed by atoms with van der Waals surface area (Å²) in [6.45, 7) is 10.8. The average Bonchev–Trinajstić information content (AvgIpc) is 2.49. The summed E-state index contributed by atoms with van der Waals surface area (Å²) < 4.78 is 0. The molecule has 0 aromatic heterocycles. The summed E-state index contributed by atoms with van der Waals surface area (Å²) in [7, 11) is 0. The minimum absolute atomic E-state index is 0.842. The van der Waals surface area contributed by atoms with Crippen LogP contribution in [0.15, 0.2) is 24.8 Å². The van der Waals surface area contributed by atoms with Gasteiger partial charge in [0.05, 0.1) is 0 Å². The Morgan fingerprint density at radius 1 is 1.10 bits per heavy atom. The Labute approximate surface area is 126 Å². The van der Waals surface area contributed by atoms with Gasteiger partial charge in [-0.25, -0.2) is 0 Å². The number of benzene rings is 1. The Kier molecular flexibility index (Phi) is 8.34. The normalized spacial score (nSPS) is 12.3. The first-order valence-electron chi connectivity index (χ1n) is 8.49. The van der Waals surface area contributed by atoms with Crippen LogP contribution in [-0.2, 0) is 12.8 Å². The molecule has 0 spiro atoms. The Morgan fingerprint density at radius 3 is 2.45 bits per heavy atom. The molecule has 0 fully saturated rings. The lowest BCUT2D eigenvalue weighted by Crippen LogP contribution is -2.04. The third-order valence-electron chi connectivity index (χ3n) is 4.30. The zero-order valence-corrected chi connectivity index (χ0v) is 13.8. The lowest BCUT2D eigenvalue weighted by Gasteiger charge is -2.16. The zero-order valence-electron chi connectivity index (χ0n) is 13.8. The fourth-order valence-electron chi connectivity index (χ4n) is 2.83. The molecule has 0 saturated carbocycles. The molecular weight excluding hydrogens is 240 g/mol. The summed E-state index contributed by atoms with van der Waals surface area (Å²) in [5.74, 6) is 0.842. The molecule has 1 rings (SSSR count). The standard InChI is InChI=1S/C20H32/c1-5-9-11-17(7-3)15-18-13-14-20(12-10-6-2)19(8-4)16-18/h8,13-14,16-17H,4-7,9-12,15H2,1-3H3. The maximum Gasteiger partial charge on any atom is -0.0228 e. The monoisotopic (exact) mass is 272 g/mol. The second-order valence-corrected chi connectivity index (χ2v) is 5.96. The van der Waals surface area contributed by atoms with E-state index in [4.69, 9.17) is 0 Å². The molecule has 0 bridgehead atoms. The number of hydrogen-bond acceptors (Lipinski definition) is 0. The SMILES string of the molecule is C=Cc1cc(CC(CC)CCCC)ccc1CCCC. The minimum atomic E-state index is 0.842. The highest BCUT2D eigenvalue weighted by Crippen LogP contribution is 2.22. The molecule has 1 aromatic carbocycles. The van der Waals surface area contributed by atoms with E-state index < -0.39 is 0 Å². The summed E-state index contributed by atoms with van der Waals surface area (Å²) >= 11 is 0. The molecule has 1 unspecified atom stereocenters. The van der Waals surface area contributed by atoms with Crippen molar-refractivity contribution in [1.82, 2.24) is 0 Å². The van der Waals surface area contributed by atoms with Crippen LogP contribution in [0.2, 0.25) is 0 Å². The third kappa shape index (κ3) is 5.53. The van der Waals surface area contributed by atoms with Crippen molar-refractivity contribution in [2.24, 2.45) is 5.92 Å². The summed E-state index contributed by atoms with van der Waals surface area (Å²) in [5.41, 5.74) is 4.30. The van der Waals surface area contributed by atoms with E-state index in [0.29, 0.717) is 0 Å². The maximum absolute atomic E-state index is 3.99. The summed E-state index contributed by atoms with van der Waals surface area (Å²) in [5, 5.41) is 0. The highest BCUT2D eigenvalue weighted by molar-refractivity contribution is 5.53. The van der Waals surface area contributed by atoms with Crippen molar-refractivity contribution in [2.45, 2.75) is 72.1 Å². The molecule has 0 nitrogen and oxygen atoms in total. The van der Waals surface area contributed by atoms with Crippen LogP contribution < -0.4 is 0 Å². The van der Waals surface area contributed by atoms with Crippen LogP contribution in [0.3, 0.4) is 0 Å². The molecule has 0 saturated heterocycles. The largest absolute Gasteiger partial charge is 0.0985 e. The molecule has 0 aliphatic rings. The van der Waals surface area contributed by atoms with E-state index >= 15 is 0 Å². The van der Waals surface area contributed by atoms with E-state index in [2.05, 4.69) is 45.5 Å². The summed E-state index contributed by atoms with van der Waals surface area (Å²) in [6.07, 6.45) is 12.3. The van der Waals surface area contributed by atoms with E-state index in [9.17, 15) is 0 Å². The van der Waals surface area contributed by atoms with Gasteiger partial charge in [0.1, 0.15) is 0 Å². The Bertz CT molecular complexity index is 389. The molecule has 0 heterocycles. The fraction of sp³-hybridized carbons (Fsp3) is 0.600. The van der Waals surface area contributed by atoms with Crippen molar-refractivity contribution in [1.29, 1.82) is 0 Å². The van der Waals surface area contributed by atoms with Crippen LogP contribution >= 0.6 is 0 Å². The van der Waals surface area contributed by atoms with Gasteiger partial charge in [-0.05, 0) is 41.9 Å². The predicted molar refractivity (Wildman–Crippen MR) is 92.2 cm³/mol. The fourth-order valence-corrected chi connectivity index (χ4v) is 2.83. The average molecular weight is 272 g/mol. The first kappa shape index (κ1) is 17.0. The molecule has 1 atom stereocenters. The molecule has 0 radical (unpaired) electrons. The minimum Gasteiger partial charge on any atom is -0.0985 e. The van der Waals surface area contributed by atoms with Gasteiger partial charge in [0.2, 0.25) is 0 Å². The van der Waals surface area contributed by atoms with Crippen molar-refractivity contribution in [3.05, 3.63) is 41.5 Å². The van der Waals surface area contributed by atoms with Crippen LogP contribution in [0.25, 0.3) is 6.08 Å². The highest BCUT2D eigenvalue weighted by Gasteiger charge is 2.08. The molecule has 0 aliphatic heterocycles. The van der Waals surface area contributed by atoms with Gasteiger partial charge in [-0.1, -0.05) is 83.7 Å². The molecule has 0 amide bonds. The smallest absolute Gasteiger partial charge is 0.0228 e. The maximum atomic E-state index is 3.99. The molecule has 1 aromatic rings. The topological polar surface area (TPSA) is 0 Å². The Hall–Kier alpha value is -1.04. The lowest BCUT2D eigenvalue weighted by atomic mass is 9.90. The van der Waals surface area contributed by atoms with Gasteiger partial charge in [-0.3, -0.25) is 0 Å². The molecule has 0 aliphatic carbocycles. The zero-order chi connectivity index (χ0) is 14.8. The van der Waals surface area contributed by atoms with E-state index in [-0.39, 0.29) is 0 Å². The van der Waals surface area contributed by atoms with Crippen LogP contribution in [-0.4, -0.2) is 0 Å². The predicted octanol–water partition coefficient (Wildman–Crippen LogP) is 6.43. The second kappa shape index (κ2) is 9.80. The van der Waals surface area contributed by atoms with Gasteiger partial charge in [-0.15, -0.1) is 0 Å². The van der Waals surface area contributed by atoms with Crippen molar-refractivity contribution < 1.29 is 0 Å². The molecular formula is C20H32. The van der Waals surface area contributed by atoms with Crippen LogP contribution in [0.5, 0.6) is 0 Å². The van der Waals surface area contributed by atoms with Gasteiger partial charge in [-0.2, -0.15) is 0 Å². The third-order valence-corrected chi connectivity index (χ3v) is 4.30. The molecule has 0 N–H and O–H groups in total. The van der Waals surface area contributed by atoms with Crippen molar-refractivity contribution in [3.63, 3.8) is 0 Å². The first-order valence-corrected chi connectivity index (χ1v) is 8.49. The molecule has 20 heavy (non-hydrogen) atoms. The second-order valence-electron chi connectivity index (χ2n) is 5.96. The number of hydrogen-bond donors (Lipinski definition) is 0. The quantitative estimate of drug-likeness (QED) is 0.460. The van der Waals surface area contributed by atoms with Crippen LogP contribution in [0.1, 0.15) is 76.0 Å². The van der Waals surface area contributed by atoms with Crippen molar-refractivity contribution >= 4 is 6.08 Å². The lowest BCUT2D eigenvalue weighted by molar-refractivity contribution is 0.449. The number of unbranched alkanes of at least 4 members (excludes halogenated alkanes) is 2.